The Kier molecular flexibility index (Phi) is 6.13. The molecule has 0 amide bonds. The van der Waals surface area contributed by atoms with E-state index in [2.05, 4.69) is 35.8 Å². The molecule has 0 aliphatic rings. The lowest BCUT2D eigenvalue weighted by atomic mass is 9.96. The van der Waals surface area contributed by atoms with Crippen molar-refractivity contribution < 1.29 is 0 Å². The highest BCUT2D eigenvalue weighted by molar-refractivity contribution is 6.31. The van der Waals surface area contributed by atoms with Crippen LogP contribution in [0.2, 0.25) is 5.02 Å². The van der Waals surface area contributed by atoms with E-state index in [0.717, 1.165) is 36.5 Å². The molecular weight excluding hydrogens is 303 g/mol. The Morgan fingerprint density at radius 1 is 1.19 bits per heavy atom. The van der Waals surface area contributed by atoms with Gasteiger partial charge in [0.15, 0.2) is 0 Å². The molecule has 0 spiro atoms. The molecule has 2 rings (SSSR count). The summed E-state index contributed by atoms with van der Waals surface area (Å²) >= 11 is 12.4. The van der Waals surface area contributed by atoms with E-state index >= 15 is 0 Å². The molecule has 2 aromatic rings. The molecule has 1 aromatic carbocycles. The van der Waals surface area contributed by atoms with Gasteiger partial charge in [0.2, 0.25) is 0 Å². The smallest absolute Gasteiger partial charge is 0.0624 e. The molecule has 1 unspecified atom stereocenters. The summed E-state index contributed by atoms with van der Waals surface area (Å²) < 4.78 is 2.09. The van der Waals surface area contributed by atoms with E-state index in [4.69, 9.17) is 23.2 Å². The molecule has 0 bridgehead atoms. The molecule has 1 heterocycles. The molecule has 0 aliphatic heterocycles. The Morgan fingerprint density at radius 3 is 2.57 bits per heavy atom. The predicted molar refractivity (Wildman–Crippen MR) is 90.3 cm³/mol. The standard InChI is InChI=1S/C17H22Cl2N2/c1-3-15-11-16(21(4-2)20-15)10-13(12-18)9-14-7-5-6-8-17(14)19/h5-8,11,13H,3-4,9-10,12H2,1-2H3. The first-order valence-corrected chi connectivity index (χ1v) is 8.44. The van der Waals surface area contributed by atoms with Gasteiger partial charge < -0.3 is 0 Å². The third-order valence-corrected chi connectivity index (χ3v) is 4.56. The van der Waals surface area contributed by atoms with E-state index in [1.165, 1.54) is 11.3 Å². The highest BCUT2D eigenvalue weighted by atomic mass is 35.5. The maximum atomic E-state index is 6.25. The van der Waals surface area contributed by atoms with E-state index in [1.807, 2.05) is 18.2 Å². The lowest BCUT2D eigenvalue weighted by Crippen LogP contribution is -2.14. The summed E-state index contributed by atoms with van der Waals surface area (Å²) in [6.07, 6.45) is 2.81. The average Bonchev–Trinajstić information content (AvgIpc) is 2.90. The summed E-state index contributed by atoms with van der Waals surface area (Å²) in [6.45, 7) is 5.16. The Labute approximate surface area is 137 Å². The van der Waals surface area contributed by atoms with Gasteiger partial charge in [0.25, 0.3) is 0 Å². The van der Waals surface area contributed by atoms with Crippen LogP contribution in [-0.2, 0) is 25.8 Å². The minimum absolute atomic E-state index is 0.373. The first kappa shape index (κ1) is 16.4. The number of rotatable bonds is 7. The topological polar surface area (TPSA) is 17.8 Å². The van der Waals surface area contributed by atoms with E-state index in [9.17, 15) is 0 Å². The van der Waals surface area contributed by atoms with Gasteiger partial charge in [-0.3, -0.25) is 4.68 Å². The first-order valence-electron chi connectivity index (χ1n) is 7.52. The summed E-state index contributed by atoms with van der Waals surface area (Å²) in [5.41, 5.74) is 3.59. The van der Waals surface area contributed by atoms with Crippen molar-refractivity contribution in [3.8, 4) is 0 Å². The van der Waals surface area contributed by atoms with E-state index in [0.29, 0.717) is 11.8 Å². The molecule has 0 radical (unpaired) electrons. The molecule has 0 saturated heterocycles. The van der Waals surface area contributed by atoms with E-state index in [-0.39, 0.29) is 0 Å². The molecule has 0 saturated carbocycles. The molecule has 114 valence electrons. The summed E-state index contributed by atoms with van der Waals surface area (Å²) in [5.74, 6) is 1.000. The van der Waals surface area contributed by atoms with Gasteiger partial charge >= 0.3 is 0 Å². The third kappa shape index (κ3) is 4.24. The minimum Gasteiger partial charge on any atom is -0.270 e. The second-order valence-electron chi connectivity index (χ2n) is 5.32. The van der Waals surface area contributed by atoms with Gasteiger partial charge in [0, 0.05) is 23.1 Å². The van der Waals surface area contributed by atoms with E-state index in [1.54, 1.807) is 0 Å². The zero-order valence-electron chi connectivity index (χ0n) is 12.6. The van der Waals surface area contributed by atoms with Crippen LogP contribution >= 0.6 is 23.2 Å². The molecule has 2 nitrogen and oxygen atoms in total. The van der Waals surface area contributed by atoms with Gasteiger partial charge in [0.1, 0.15) is 0 Å². The summed E-state index contributed by atoms with van der Waals surface area (Å²) in [5, 5.41) is 5.43. The highest BCUT2D eigenvalue weighted by Crippen LogP contribution is 2.22. The molecular formula is C17H22Cl2N2. The summed E-state index contributed by atoms with van der Waals surface area (Å²) in [4.78, 5) is 0. The lowest BCUT2D eigenvalue weighted by Gasteiger charge is -2.15. The lowest BCUT2D eigenvalue weighted by molar-refractivity contribution is 0.531. The maximum Gasteiger partial charge on any atom is 0.0624 e. The molecule has 0 fully saturated rings. The van der Waals surface area contributed by atoms with Crippen molar-refractivity contribution in [1.29, 1.82) is 0 Å². The summed E-state index contributed by atoms with van der Waals surface area (Å²) in [6, 6.07) is 10.2. The van der Waals surface area contributed by atoms with Crippen LogP contribution in [0.5, 0.6) is 0 Å². The number of aromatic nitrogens is 2. The van der Waals surface area contributed by atoms with Crippen molar-refractivity contribution >= 4 is 23.2 Å². The van der Waals surface area contributed by atoms with Crippen LogP contribution in [-0.4, -0.2) is 15.7 Å². The monoisotopic (exact) mass is 324 g/mol. The van der Waals surface area contributed by atoms with Crippen LogP contribution in [0.4, 0.5) is 0 Å². The normalized spacial score (nSPS) is 12.6. The molecule has 1 aromatic heterocycles. The van der Waals surface area contributed by atoms with Gasteiger partial charge in [-0.25, -0.2) is 0 Å². The Morgan fingerprint density at radius 2 is 1.95 bits per heavy atom. The second-order valence-corrected chi connectivity index (χ2v) is 6.03. The zero-order valence-corrected chi connectivity index (χ0v) is 14.2. The molecule has 0 aliphatic carbocycles. The van der Waals surface area contributed by atoms with Crippen LogP contribution in [0, 0.1) is 5.92 Å². The van der Waals surface area contributed by atoms with Crippen LogP contribution < -0.4 is 0 Å². The average molecular weight is 325 g/mol. The number of halogens is 2. The number of hydrogen-bond donors (Lipinski definition) is 0. The molecule has 4 heteroatoms. The van der Waals surface area contributed by atoms with Crippen molar-refractivity contribution in [2.75, 3.05) is 5.88 Å². The fourth-order valence-corrected chi connectivity index (χ4v) is 3.01. The Bertz CT molecular complexity index is 578. The van der Waals surface area contributed by atoms with Crippen molar-refractivity contribution in [3.63, 3.8) is 0 Å². The van der Waals surface area contributed by atoms with Gasteiger partial charge in [-0.2, -0.15) is 5.10 Å². The highest BCUT2D eigenvalue weighted by Gasteiger charge is 2.15. The number of benzene rings is 1. The van der Waals surface area contributed by atoms with Crippen molar-refractivity contribution in [1.82, 2.24) is 9.78 Å². The molecule has 0 N–H and O–H groups in total. The summed E-state index contributed by atoms with van der Waals surface area (Å²) in [7, 11) is 0. The maximum absolute atomic E-state index is 6.25. The number of nitrogens with zero attached hydrogens (tertiary/aromatic N) is 2. The predicted octanol–water partition coefficient (Wildman–Crippen LogP) is 4.76. The van der Waals surface area contributed by atoms with E-state index < -0.39 is 0 Å². The number of alkyl halides is 1. The van der Waals surface area contributed by atoms with Gasteiger partial charge in [0.05, 0.1) is 5.69 Å². The zero-order chi connectivity index (χ0) is 15.2. The minimum atomic E-state index is 0.373. The van der Waals surface area contributed by atoms with Gasteiger partial charge in [-0.15, -0.1) is 11.6 Å². The SMILES string of the molecule is CCc1cc(CC(CCl)Cc2ccccc2Cl)n(CC)n1. The molecule has 21 heavy (non-hydrogen) atoms. The number of hydrogen-bond acceptors (Lipinski definition) is 1. The second kappa shape index (κ2) is 7.86. The van der Waals surface area contributed by atoms with Crippen LogP contribution in [0.1, 0.15) is 30.8 Å². The first-order chi connectivity index (χ1) is 10.2. The van der Waals surface area contributed by atoms with Gasteiger partial charge in [-0.1, -0.05) is 36.7 Å². The third-order valence-electron chi connectivity index (χ3n) is 3.76. The van der Waals surface area contributed by atoms with Crippen molar-refractivity contribution in [2.24, 2.45) is 5.92 Å². The fraction of sp³-hybridized carbons (Fsp3) is 0.471. The Hall–Kier alpha value is -0.990. The van der Waals surface area contributed by atoms with Crippen LogP contribution in [0.15, 0.2) is 30.3 Å². The Balaban J connectivity index is 2.12. The van der Waals surface area contributed by atoms with Crippen molar-refractivity contribution in [3.05, 3.63) is 52.3 Å². The molecule has 1 atom stereocenters. The largest absolute Gasteiger partial charge is 0.270 e. The van der Waals surface area contributed by atoms with Gasteiger partial charge in [-0.05, 0) is 49.8 Å². The quantitative estimate of drug-likeness (QED) is 0.671. The van der Waals surface area contributed by atoms with Crippen LogP contribution in [0.25, 0.3) is 0 Å². The number of aryl methyl sites for hydroxylation is 2. The van der Waals surface area contributed by atoms with Crippen LogP contribution in [0.3, 0.4) is 0 Å². The van der Waals surface area contributed by atoms with Crippen molar-refractivity contribution in [2.45, 2.75) is 39.7 Å². The fourth-order valence-electron chi connectivity index (χ4n) is 2.58.